The third-order valence-corrected chi connectivity index (χ3v) is 3.62. The third kappa shape index (κ3) is 2.40. The molecule has 0 atom stereocenters. The van der Waals surface area contributed by atoms with Crippen LogP contribution in [-0.4, -0.2) is 25.6 Å². The molecule has 2 aromatic heterocycles. The van der Waals surface area contributed by atoms with Crippen molar-refractivity contribution in [3.05, 3.63) is 36.7 Å². The lowest BCUT2D eigenvalue weighted by atomic mass is 10.3. The first-order valence-electron chi connectivity index (χ1n) is 7.07. The van der Waals surface area contributed by atoms with E-state index < -0.39 is 0 Å². The van der Waals surface area contributed by atoms with Crippen LogP contribution in [0.15, 0.2) is 36.7 Å². The molecule has 1 aromatic carbocycles. The SMILES string of the molecule is Cn1c(Nc2cc(NC3CC3)ncn2)nc2ccccc21. The predicted octanol–water partition coefficient (Wildman–Crippen LogP) is 2.68. The monoisotopic (exact) mass is 280 g/mol. The van der Waals surface area contributed by atoms with Crippen molar-refractivity contribution in [3.8, 4) is 0 Å². The zero-order chi connectivity index (χ0) is 14.2. The highest BCUT2D eigenvalue weighted by molar-refractivity contribution is 5.79. The summed E-state index contributed by atoms with van der Waals surface area (Å²) in [5, 5.41) is 6.62. The van der Waals surface area contributed by atoms with Crippen LogP contribution in [0, 0.1) is 0 Å². The maximum atomic E-state index is 4.58. The summed E-state index contributed by atoms with van der Waals surface area (Å²) in [5.41, 5.74) is 2.05. The van der Waals surface area contributed by atoms with Crippen molar-refractivity contribution in [1.29, 1.82) is 0 Å². The minimum absolute atomic E-state index is 0.573. The maximum Gasteiger partial charge on any atom is 0.209 e. The molecule has 4 rings (SSSR count). The summed E-state index contributed by atoms with van der Waals surface area (Å²) in [4.78, 5) is 13.1. The van der Waals surface area contributed by atoms with E-state index in [0.717, 1.165) is 28.6 Å². The summed E-state index contributed by atoms with van der Waals surface area (Å²) in [6.07, 6.45) is 4.00. The van der Waals surface area contributed by atoms with E-state index >= 15 is 0 Å². The molecule has 2 N–H and O–H groups in total. The van der Waals surface area contributed by atoms with E-state index in [-0.39, 0.29) is 0 Å². The lowest BCUT2D eigenvalue weighted by molar-refractivity contribution is 0.953. The van der Waals surface area contributed by atoms with Gasteiger partial charge < -0.3 is 15.2 Å². The number of para-hydroxylation sites is 2. The van der Waals surface area contributed by atoms with Crippen LogP contribution in [0.25, 0.3) is 11.0 Å². The molecule has 21 heavy (non-hydrogen) atoms. The van der Waals surface area contributed by atoms with E-state index in [9.17, 15) is 0 Å². The predicted molar refractivity (Wildman–Crippen MR) is 82.7 cm³/mol. The second-order valence-corrected chi connectivity index (χ2v) is 5.32. The van der Waals surface area contributed by atoms with Gasteiger partial charge in [-0.1, -0.05) is 12.1 Å². The van der Waals surface area contributed by atoms with E-state index in [1.807, 2.05) is 41.9 Å². The van der Waals surface area contributed by atoms with Crippen LogP contribution in [-0.2, 0) is 7.05 Å². The first kappa shape index (κ1) is 12.1. The molecule has 0 spiro atoms. The van der Waals surface area contributed by atoms with Crippen LogP contribution in [0.2, 0.25) is 0 Å². The molecule has 1 aliphatic rings. The molecule has 6 nitrogen and oxygen atoms in total. The molecule has 106 valence electrons. The number of aromatic nitrogens is 4. The zero-order valence-electron chi connectivity index (χ0n) is 11.7. The Balaban J connectivity index is 1.63. The van der Waals surface area contributed by atoms with Crippen LogP contribution < -0.4 is 10.6 Å². The van der Waals surface area contributed by atoms with E-state index in [1.54, 1.807) is 6.33 Å². The molecule has 0 aliphatic heterocycles. The van der Waals surface area contributed by atoms with Gasteiger partial charge in [0.15, 0.2) is 0 Å². The van der Waals surface area contributed by atoms with Gasteiger partial charge in [0.1, 0.15) is 18.0 Å². The Kier molecular flexibility index (Phi) is 2.73. The Hall–Kier alpha value is -2.63. The van der Waals surface area contributed by atoms with Crippen LogP contribution in [0.3, 0.4) is 0 Å². The number of benzene rings is 1. The van der Waals surface area contributed by atoms with E-state index in [4.69, 9.17) is 0 Å². The van der Waals surface area contributed by atoms with Gasteiger partial charge in [-0.15, -0.1) is 0 Å². The van der Waals surface area contributed by atoms with Gasteiger partial charge in [-0.3, -0.25) is 0 Å². The van der Waals surface area contributed by atoms with Crippen LogP contribution >= 0.6 is 0 Å². The van der Waals surface area contributed by atoms with Crippen molar-refractivity contribution < 1.29 is 0 Å². The third-order valence-electron chi connectivity index (χ3n) is 3.62. The van der Waals surface area contributed by atoms with Crippen molar-refractivity contribution in [2.45, 2.75) is 18.9 Å². The highest BCUT2D eigenvalue weighted by Gasteiger charge is 2.21. The molecule has 0 radical (unpaired) electrons. The number of nitrogens with one attached hydrogen (secondary N) is 2. The standard InChI is InChI=1S/C15H16N6/c1-21-12-5-3-2-4-11(12)19-15(21)20-14-8-13(16-9-17-14)18-10-6-7-10/h2-5,8-10H,6-7H2,1H3,(H2,16,17,18,19,20). The van der Waals surface area contributed by atoms with Gasteiger partial charge in [-0.05, 0) is 25.0 Å². The first-order chi connectivity index (χ1) is 10.3. The minimum atomic E-state index is 0.573. The molecule has 0 saturated heterocycles. The summed E-state index contributed by atoms with van der Waals surface area (Å²) in [6, 6.07) is 10.5. The largest absolute Gasteiger partial charge is 0.367 e. The highest BCUT2D eigenvalue weighted by atomic mass is 15.2. The number of hydrogen-bond donors (Lipinski definition) is 2. The van der Waals surface area contributed by atoms with Crippen molar-refractivity contribution in [3.63, 3.8) is 0 Å². The van der Waals surface area contributed by atoms with Crippen molar-refractivity contribution in [2.24, 2.45) is 7.05 Å². The van der Waals surface area contributed by atoms with Crippen LogP contribution in [0.5, 0.6) is 0 Å². The Morgan fingerprint density at radius 3 is 2.76 bits per heavy atom. The molecule has 1 saturated carbocycles. The van der Waals surface area contributed by atoms with Crippen molar-refractivity contribution in [1.82, 2.24) is 19.5 Å². The van der Waals surface area contributed by atoms with Crippen LogP contribution in [0.4, 0.5) is 17.6 Å². The molecular formula is C15H16N6. The number of imidazole rings is 1. The Morgan fingerprint density at radius 2 is 1.95 bits per heavy atom. The number of nitrogens with zero attached hydrogens (tertiary/aromatic N) is 4. The van der Waals surface area contributed by atoms with Crippen molar-refractivity contribution >= 4 is 28.6 Å². The highest BCUT2D eigenvalue weighted by Crippen LogP contribution is 2.25. The number of aryl methyl sites for hydroxylation is 1. The summed E-state index contributed by atoms with van der Waals surface area (Å²) in [5.74, 6) is 2.37. The Bertz CT molecular complexity index is 790. The van der Waals surface area contributed by atoms with Crippen molar-refractivity contribution in [2.75, 3.05) is 10.6 Å². The van der Waals surface area contributed by atoms with Gasteiger partial charge in [0, 0.05) is 19.2 Å². The average Bonchev–Trinajstić information content (AvgIpc) is 3.25. The van der Waals surface area contributed by atoms with Gasteiger partial charge in [0.05, 0.1) is 11.0 Å². The number of anilines is 3. The van der Waals surface area contributed by atoms with Gasteiger partial charge in [0.25, 0.3) is 0 Å². The zero-order valence-corrected chi connectivity index (χ0v) is 11.7. The number of rotatable bonds is 4. The van der Waals surface area contributed by atoms with E-state index in [1.165, 1.54) is 12.8 Å². The fourth-order valence-corrected chi connectivity index (χ4v) is 2.31. The maximum absolute atomic E-state index is 4.58. The molecule has 2 heterocycles. The lowest BCUT2D eigenvalue weighted by Crippen LogP contribution is -2.05. The molecule has 0 bridgehead atoms. The summed E-state index contributed by atoms with van der Waals surface area (Å²) < 4.78 is 2.02. The number of hydrogen-bond acceptors (Lipinski definition) is 5. The Morgan fingerprint density at radius 1 is 1.14 bits per heavy atom. The minimum Gasteiger partial charge on any atom is -0.367 e. The second-order valence-electron chi connectivity index (χ2n) is 5.32. The summed E-state index contributed by atoms with van der Waals surface area (Å²) in [6.45, 7) is 0. The van der Waals surface area contributed by atoms with Gasteiger partial charge in [-0.2, -0.15) is 0 Å². The first-order valence-corrected chi connectivity index (χ1v) is 7.07. The molecule has 6 heteroatoms. The molecule has 0 unspecified atom stereocenters. The van der Waals surface area contributed by atoms with Gasteiger partial charge >= 0.3 is 0 Å². The fraction of sp³-hybridized carbons (Fsp3) is 0.267. The smallest absolute Gasteiger partial charge is 0.209 e. The molecule has 0 amide bonds. The molecule has 1 fully saturated rings. The average molecular weight is 280 g/mol. The van der Waals surface area contributed by atoms with Gasteiger partial charge in [0.2, 0.25) is 5.95 Å². The van der Waals surface area contributed by atoms with E-state index in [2.05, 4.69) is 25.6 Å². The Labute approximate surface area is 122 Å². The molecular weight excluding hydrogens is 264 g/mol. The van der Waals surface area contributed by atoms with Gasteiger partial charge in [-0.25, -0.2) is 15.0 Å². The lowest BCUT2D eigenvalue weighted by Gasteiger charge is -2.07. The normalized spacial score (nSPS) is 14.3. The number of fused-ring (bicyclic) bond motifs is 1. The molecule has 3 aromatic rings. The summed E-state index contributed by atoms with van der Waals surface area (Å²) in [7, 11) is 1.99. The fourth-order valence-electron chi connectivity index (χ4n) is 2.31. The quantitative estimate of drug-likeness (QED) is 0.769. The topological polar surface area (TPSA) is 67.7 Å². The van der Waals surface area contributed by atoms with Crippen LogP contribution in [0.1, 0.15) is 12.8 Å². The molecule has 1 aliphatic carbocycles. The van der Waals surface area contributed by atoms with E-state index in [0.29, 0.717) is 6.04 Å². The second kappa shape index (κ2) is 4.73. The summed E-state index contributed by atoms with van der Waals surface area (Å²) >= 11 is 0.